The molecule has 1 aliphatic heterocycles. The van der Waals surface area contributed by atoms with Gasteiger partial charge in [0, 0.05) is 35.2 Å². The van der Waals surface area contributed by atoms with Crippen LogP contribution in [0.25, 0.3) is 0 Å². The number of benzene rings is 2. The van der Waals surface area contributed by atoms with Gasteiger partial charge in [0.2, 0.25) is 5.91 Å². The van der Waals surface area contributed by atoms with Crippen LogP contribution in [0.3, 0.4) is 0 Å². The van der Waals surface area contributed by atoms with Gasteiger partial charge >= 0.3 is 0 Å². The van der Waals surface area contributed by atoms with Gasteiger partial charge in [-0.3, -0.25) is 14.5 Å². The number of furan rings is 1. The highest BCUT2D eigenvalue weighted by molar-refractivity contribution is 6.31. The molecule has 2 aliphatic rings. The topological polar surface area (TPSA) is 59.8 Å². The summed E-state index contributed by atoms with van der Waals surface area (Å²) >= 11 is 6.33. The Labute approximate surface area is 197 Å². The molecule has 0 saturated heterocycles. The van der Waals surface area contributed by atoms with E-state index in [0.29, 0.717) is 40.6 Å². The summed E-state index contributed by atoms with van der Waals surface area (Å²) in [6.07, 6.45) is 2.70. The molecule has 6 heteroatoms. The number of hydrogen-bond acceptors (Lipinski definition) is 4. The lowest BCUT2D eigenvalue weighted by molar-refractivity contribution is -0.120. The van der Waals surface area contributed by atoms with Gasteiger partial charge in [0.1, 0.15) is 11.5 Å². The number of amides is 1. The molecule has 5 rings (SSSR count). The molecule has 0 radical (unpaired) electrons. The van der Waals surface area contributed by atoms with E-state index in [1.165, 1.54) is 0 Å². The van der Waals surface area contributed by atoms with E-state index >= 15 is 0 Å². The van der Waals surface area contributed by atoms with Gasteiger partial charge in [-0.1, -0.05) is 41.9 Å². The van der Waals surface area contributed by atoms with Crippen molar-refractivity contribution in [3.8, 4) is 5.75 Å². The number of aryl methyl sites for hydroxylation is 1. The molecule has 33 heavy (non-hydrogen) atoms. The predicted octanol–water partition coefficient (Wildman–Crippen LogP) is 6.17. The first-order valence-corrected chi connectivity index (χ1v) is 11.4. The maximum absolute atomic E-state index is 13.6. The first-order chi connectivity index (χ1) is 16.0. The van der Waals surface area contributed by atoms with Gasteiger partial charge < -0.3 is 9.15 Å². The molecule has 2 heterocycles. The Bertz CT molecular complexity index is 1250. The van der Waals surface area contributed by atoms with Crippen LogP contribution in [0.4, 0.5) is 5.69 Å². The number of Topliss-reactive ketones (excluding diaryl/α,β-unsaturated/α-hetero) is 1. The van der Waals surface area contributed by atoms with E-state index in [1.807, 2.05) is 49.4 Å². The van der Waals surface area contributed by atoms with Gasteiger partial charge in [-0.25, -0.2) is 0 Å². The largest absolute Gasteiger partial charge is 0.495 e. The molecular weight excluding hydrogens is 438 g/mol. The molecule has 0 bridgehead atoms. The summed E-state index contributed by atoms with van der Waals surface area (Å²) in [5, 5.41) is 0.560. The minimum absolute atomic E-state index is 0.0116. The van der Waals surface area contributed by atoms with E-state index in [2.05, 4.69) is 0 Å². The number of anilines is 1. The number of methoxy groups -OCH3 is 1. The molecule has 0 spiro atoms. The fourth-order valence-electron chi connectivity index (χ4n) is 5.00. The molecule has 0 saturated carbocycles. The van der Waals surface area contributed by atoms with Crippen molar-refractivity contribution >= 4 is 29.0 Å². The zero-order chi connectivity index (χ0) is 23.1. The summed E-state index contributed by atoms with van der Waals surface area (Å²) in [5.74, 6) is 0.688. The molecular formula is C27H24ClNO4. The SMILES string of the molecule is COc1cc(Cl)c(C)cc1N1C(=O)CC(c2ccco2)C2=C1CC(c1ccccc1)CC2=O. The van der Waals surface area contributed by atoms with Crippen LogP contribution in [0.1, 0.15) is 48.0 Å². The van der Waals surface area contributed by atoms with Crippen molar-refractivity contribution in [2.75, 3.05) is 12.0 Å². The van der Waals surface area contributed by atoms with E-state index in [-0.39, 0.29) is 29.9 Å². The highest BCUT2D eigenvalue weighted by atomic mass is 35.5. The summed E-state index contributed by atoms with van der Waals surface area (Å²) in [7, 11) is 1.55. The van der Waals surface area contributed by atoms with Gasteiger partial charge in [-0.05, 0) is 48.6 Å². The number of halogens is 1. The van der Waals surface area contributed by atoms with Gasteiger partial charge in [0.25, 0.3) is 0 Å². The molecule has 0 N–H and O–H groups in total. The molecule has 2 unspecified atom stereocenters. The highest BCUT2D eigenvalue weighted by Crippen LogP contribution is 2.49. The zero-order valence-electron chi connectivity index (χ0n) is 18.5. The molecule has 1 aliphatic carbocycles. The Kier molecular flexibility index (Phi) is 5.59. The van der Waals surface area contributed by atoms with Crippen molar-refractivity contribution in [1.29, 1.82) is 0 Å². The normalized spacial score (nSPS) is 20.8. The number of nitrogens with zero attached hydrogens (tertiary/aromatic N) is 1. The Hall–Kier alpha value is -3.31. The average molecular weight is 462 g/mol. The quantitative estimate of drug-likeness (QED) is 0.466. The van der Waals surface area contributed by atoms with Crippen molar-refractivity contribution in [1.82, 2.24) is 0 Å². The second-order valence-corrected chi connectivity index (χ2v) is 8.98. The van der Waals surface area contributed by atoms with Crippen LogP contribution in [0.5, 0.6) is 5.75 Å². The number of carbonyl (C=O) groups excluding carboxylic acids is 2. The third-order valence-electron chi connectivity index (χ3n) is 6.59. The summed E-state index contributed by atoms with van der Waals surface area (Å²) in [6.45, 7) is 1.89. The van der Waals surface area contributed by atoms with Crippen molar-refractivity contribution in [2.24, 2.45) is 0 Å². The first kappa shape index (κ1) is 21.5. The molecule has 2 atom stereocenters. The zero-order valence-corrected chi connectivity index (χ0v) is 19.3. The highest BCUT2D eigenvalue weighted by Gasteiger charge is 2.44. The molecule has 5 nitrogen and oxygen atoms in total. The first-order valence-electron chi connectivity index (χ1n) is 11.0. The van der Waals surface area contributed by atoms with Crippen molar-refractivity contribution in [3.05, 3.63) is 94.0 Å². The average Bonchev–Trinajstić information content (AvgIpc) is 3.35. The number of carbonyl (C=O) groups is 2. The van der Waals surface area contributed by atoms with Crippen LogP contribution < -0.4 is 9.64 Å². The van der Waals surface area contributed by atoms with E-state index < -0.39 is 0 Å². The van der Waals surface area contributed by atoms with E-state index in [4.69, 9.17) is 20.8 Å². The molecule has 1 aromatic heterocycles. The van der Waals surface area contributed by atoms with Gasteiger partial charge in [0.05, 0.1) is 25.0 Å². The summed E-state index contributed by atoms with van der Waals surface area (Å²) < 4.78 is 11.2. The van der Waals surface area contributed by atoms with Crippen LogP contribution >= 0.6 is 11.6 Å². The number of allylic oxidation sites excluding steroid dienone is 2. The van der Waals surface area contributed by atoms with Crippen molar-refractivity contribution in [2.45, 2.75) is 38.0 Å². The Morgan fingerprint density at radius 2 is 1.82 bits per heavy atom. The molecule has 0 fully saturated rings. The van der Waals surface area contributed by atoms with Crippen LogP contribution in [0, 0.1) is 6.92 Å². The number of ketones is 1. The lowest BCUT2D eigenvalue weighted by Gasteiger charge is -2.40. The number of rotatable bonds is 4. The van der Waals surface area contributed by atoms with Crippen molar-refractivity contribution < 1.29 is 18.7 Å². The maximum atomic E-state index is 13.6. The number of ether oxygens (including phenoxy) is 1. The monoisotopic (exact) mass is 461 g/mol. The van der Waals surface area contributed by atoms with Gasteiger partial charge in [-0.2, -0.15) is 0 Å². The Morgan fingerprint density at radius 3 is 2.52 bits per heavy atom. The number of hydrogen-bond donors (Lipinski definition) is 0. The smallest absolute Gasteiger partial charge is 0.232 e. The van der Waals surface area contributed by atoms with Gasteiger partial charge in [0.15, 0.2) is 5.78 Å². The molecule has 2 aromatic carbocycles. The van der Waals surface area contributed by atoms with Crippen LogP contribution in [-0.2, 0) is 9.59 Å². The molecule has 3 aromatic rings. The maximum Gasteiger partial charge on any atom is 0.232 e. The van der Waals surface area contributed by atoms with Crippen LogP contribution in [0.15, 0.2) is 76.5 Å². The Balaban J connectivity index is 1.69. The summed E-state index contributed by atoms with van der Waals surface area (Å²) in [4.78, 5) is 28.9. The third-order valence-corrected chi connectivity index (χ3v) is 7.00. The lowest BCUT2D eigenvalue weighted by Crippen LogP contribution is -2.42. The van der Waals surface area contributed by atoms with E-state index in [1.54, 1.807) is 30.4 Å². The lowest BCUT2D eigenvalue weighted by atomic mass is 9.74. The fourth-order valence-corrected chi connectivity index (χ4v) is 5.15. The summed E-state index contributed by atoms with van der Waals surface area (Å²) in [5.41, 5.74) is 3.90. The standard InChI is InChI=1S/C27H24ClNO4/c1-16-11-21(25(32-2)15-20(16)28)29-22-12-18(17-7-4-3-5-8-17)13-23(30)27(22)19(14-26(29)31)24-9-6-10-33-24/h3-11,15,18-19H,12-14H2,1-2H3. The fraction of sp³-hybridized carbons (Fsp3) is 0.259. The minimum atomic E-state index is -0.387. The van der Waals surface area contributed by atoms with Crippen LogP contribution in [0.2, 0.25) is 5.02 Å². The van der Waals surface area contributed by atoms with Crippen molar-refractivity contribution in [3.63, 3.8) is 0 Å². The molecule has 168 valence electrons. The predicted molar refractivity (Wildman–Crippen MR) is 127 cm³/mol. The second kappa shape index (κ2) is 8.56. The Morgan fingerprint density at radius 1 is 1.03 bits per heavy atom. The molecule has 1 amide bonds. The minimum Gasteiger partial charge on any atom is -0.495 e. The third kappa shape index (κ3) is 3.76. The van der Waals surface area contributed by atoms with E-state index in [9.17, 15) is 9.59 Å². The second-order valence-electron chi connectivity index (χ2n) is 8.57. The summed E-state index contributed by atoms with van der Waals surface area (Å²) in [6, 6.07) is 17.2. The van der Waals surface area contributed by atoms with E-state index in [0.717, 1.165) is 16.8 Å². The van der Waals surface area contributed by atoms with Crippen LogP contribution in [-0.4, -0.2) is 18.8 Å². The van der Waals surface area contributed by atoms with Gasteiger partial charge in [-0.15, -0.1) is 0 Å².